The minimum Gasteiger partial charge on any atom is -0.374 e. The molecule has 3 fully saturated rings. The van der Waals surface area contributed by atoms with Gasteiger partial charge in [-0.1, -0.05) is 43.2 Å². The fourth-order valence-electron chi connectivity index (χ4n) is 5.08. The number of anilines is 1. The molecule has 4 atom stereocenters. The first kappa shape index (κ1) is 28.1. The number of likely N-dealkylation sites (tertiary alicyclic amines) is 1. The topological polar surface area (TPSA) is 139 Å². The van der Waals surface area contributed by atoms with E-state index in [4.69, 9.17) is 5.73 Å². The van der Waals surface area contributed by atoms with Crippen LogP contribution in [0.2, 0.25) is 0 Å². The zero-order chi connectivity index (χ0) is 27.3. The van der Waals surface area contributed by atoms with Crippen molar-refractivity contribution in [3.63, 3.8) is 0 Å². The molecule has 2 aliphatic carbocycles. The van der Waals surface area contributed by atoms with Crippen LogP contribution in [0.4, 0.5) is 5.69 Å². The molecule has 0 bridgehead atoms. The number of sulfonamides is 1. The number of nitrogens with zero attached hydrogens (tertiary/aromatic N) is 1. The summed E-state index contributed by atoms with van der Waals surface area (Å²) < 4.78 is 26.0. The Bertz CT molecular complexity index is 1150. The second-order valence-electron chi connectivity index (χ2n) is 11.1. The van der Waals surface area contributed by atoms with Gasteiger partial charge in [0.25, 0.3) is 0 Å². The number of unbranched alkanes of at least 4 members (excludes halogenated alkanes) is 3. The van der Waals surface area contributed by atoms with E-state index in [1.54, 1.807) is 11.8 Å². The normalized spacial score (nSPS) is 24.7. The summed E-state index contributed by atoms with van der Waals surface area (Å²) in [5.41, 5.74) is 6.40. The number of nitrogens with two attached hydrogens (primary N) is 1. The number of hydrogen-bond donors (Lipinski definition) is 3. The molecule has 1 saturated heterocycles. The SMILES string of the molecule is CC1(S(=O)(=O)NC(=O)C2CC2C=CCCCCCC(Nc2ccccc2)C(=O)N2CCCC2C(N)=O)CC1. The smallest absolute Gasteiger partial charge is 0.245 e. The molecule has 3 amide bonds. The summed E-state index contributed by atoms with van der Waals surface area (Å²) in [6, 6.07) is 8.65. The highest BCUT2D eigenvalue weighted by Crippen LogP contribution is 2.44. The minimum absolute atomic E-state index is 0.0780. The van der Waals surface area contributed by atoms with Crippen molar-refractivity contribution in [3.05, 3.63) is 42.5 Å². The summed E-state index contributed by atoms with van der Waals surface area (Å²) in [4.78, 5) is 39.1. The van der Waals surface area contributed by atoms with Crippen LogP contribution < -0.4 is 15.8 Å². The second-order valence-corrected chi connectivity index (χ2v) is 13.3. The third-order valence-electron chi connectivity index (χ3n) is 8.04. The fraction of sp³-hybridized carbons (Fsp3) is 0.607. The first-order chi connectivity index (χ1) is 18.1. The highest BCUT2D eigenvalue weighted by atomic mass is 32.2. The Morgan fingerprint density at radius 2 is 1.89 bits per heavy atom. The van der Waals surface area contributed by atoms with Crippen molar-refractivity contribution < 1.29 is 22.8 Å². The summed E-state index contributed by atoms with van der Waals surface area (Å²) in [7, 11) is -3.57. The van der Waals surface area contributed by atoms with Gasteiger partial charge in [-0.25, -0.2) is 8.42 Å². The Balaban J connectivity index is 1.19. The number of nitrogens with one attached hydrogen (secondary N) is 2. The summed E-state index contributed by atoms with van der Waals surface area (Å²) in [5, 5.41) is 3.35. The molecular formula is C28H40N4O5S. The molecule has 2 saturated carbocycles. The zero-order valence-electron chi connectivity index (χ0n) is 22.1. The monoisotopic (exact) mass is 544 g/mol. The maximum atomic E-state index is 13.3. The van der Waals surface area contributed by atoms with Gasteiger partial charge in [0.05, 0.1) is 4.75 Å². The number of hydrogen-bond acceptors (Lipinski definition) is 6. The van der Waals surface area contributed by atoms with Crippen LogP contribution in [0, 0.1) is 11.8 Å². The molecule has 0 radical (unpaired) electrons. The van der Waals surface area contributed by atoms with Crippen LogP contribution in [-0.2, 0) is 24.4 Å². The standard InChI is InChI=1S/C28H40N4O5S/c1-28(16-17-28)38(36,37)31-26(34)22-19-20(22)11-6-3-2-4-9-14-23(30-21-12-7-5-8-13-21)27(35)32-18-10-15-24(32)25(29)33/h5-8,11-13,20,22-24,30H,2-4,9-10,14-19H2,1H3,(H2,29,33)(H,31,34). The summed E-state index contributed by atoms with van der Waals surface area (Å²) in [6.45, 7) is 2.22. The lowest BCUT2D eigenvalue weighted by atomic mass is 10.0. The van der Waals surface area contributed by atoms with Gasteiger partial charge < -0.3 is 16.0 Å². The molecule has 38 heavy (non-hydrogen) atoms. The van der Waals surface area contributed by atoms with E-state index in [1.165, 1.54) is 0 Å². The molecule has 4 rings (SSSR count). The van der Waals surface area contributed by atoms with E-state index in [0.717, 1.165) is 37.8 Å². The highest BCUT2D eigenvalue weighted by Gasteiger charge is 2.52. The van der Waals surface area contributed by atoms with Gasteiger partial charge in [0.15, 0.2) is 0 Å². The molecule has 1 aromatic carbocycles. The number of carbonyl (C=O) groups is 3. The first-order valence-electron chi connectivity index (χ1n) is 13.8. The largest absolute Gasteiger partial charge is 0.374 e. The Kier molecular flexibility index (Phi) is 8.80. The molecule has 4 unspecified atom stereocenters. The van der Waals surface area contributed by atoms with Crippen molar-refractivity contribution in [1.29, 1.82) is 0 Å². The van der Waals surface area contributed by atoms with Crippen molar-refractivity contribution in [2.45, 2.75) is 88.0 Å². The molecule has 208 valence electrons. The fourth-order valence-corrected chi connectivity index (χ4v) is 6.38. The van der Waals surface area contributed by atoms with Crippen LogP contribution in [0.15, 0.2) is 42.5 Å². The number of rotatable bonds is 14. The zero-order valence-corrected chi connectivity index (χ0v) is 22.9. The van der Waals surface area contributed by atoms with Gasteiger partial charge in [-0.3, -0.25) is 19.1 Å². The van der Waals surface area contributed by atoms with Gasteiger partial charge in [0.1, 0.15) is 12.1 Å². The van der Waals surface area contributed by atoms with E-state index in [0.29, 0.717) is 38.6 Å². The number of allylic oxidation sites excluding steroid dienone is 2. The molecule has 4 N–H and O–H groups in total. The third-order valence-corrected chi connectivity index (χ3v) is 10.2. The molecule has 3 aliphatic rings. The number of benzene rings is 1. The van der Waals surface area contributed by atoms with Crippen molar-refractivity contribution in [1.82, 2.24) is 9.62 Å². The average molecular weight is 545 g/mol. The van der Waals surface area contributed by atoms with Crippen molar-refractivity contribution >= 4 is 33.4 Å². The Hall–Kier alpha value is -2.88. The molecule has 1 aliphatic heterocycles. The average Bonchev–Trinajstić information content (AvgIpc) is 3.78. The van der Waals surface area contributed by atoms with E-state index in [2.05, 4.69) is 16.1 Å². The Morgan fingerprint density at radius 1 is 1.16 bits per heavy atom. The van der Waals surface area contributed by atoms with Crippen molar-refractivity contribution in [3.8, 4) is 0 Å². The Morgan fingerprint density at radius 3 is 2.58 bits per heavy atom. The quantitative estimate of drug-likeness (QED) is 0.243. The maximum Gasteiger partial charge on any atom is 0.245 e. The lowest BCUT2D eigenvalue weighted by Crippen LogP contribution is -2.49. The number of para-hydroxylation sites is 1. The van der Waals surface area contributed by atoms with E-state index < -0.39 is 32.8 Å². The van der Waals surface area contributed by atoms with Crippen molar-refractivity contribution in [2.24, 2.45) is 17.6 Å². The minimum atomic E-state index is -3.57. The highest BCUT2D eigenvalue weighted by molar-refractivity contribution is 7.91. The lowest BCUT2D eigenvalue weighted by molar-refractivity contribution is -0.138. The van der Waals surface area contributed by atoms with Crippen molar-refractivity contribution in [2.75, 3.05) is 11.9 Å². The molecule has 1 heterocycles. The molecular weight excluding hydrogens is 504 g/mol. The van der Waals surface area contributed by atoms with Gasteiger partial charge in [-0.15, -0.1) is 0 Å². The van der Waals surface area contributed by atoms with Gasteiger partial charge in [0.2, 0.25) is 27.7 Å². The summed E-state index contributed by atoms with van der Waals surface area (Å²) in [5.74, 6) is -1.06. The van der Waals surface area contributed by atoms with Gasteiger partial charge in [-0.2, -0.15) is 0 Å². The predicted molar refractivity (Wildman–Crippen MR) is 146 cm³/mol. The molecule has 0 spiro atoms. The first-order valence-corrected chi connectivity index (χ1v) is 15.2. The number of amides is 3. The summed E-state index contributed by atoms with van der Waals surface area (Å²) in [6.07, 6.45) is 11.6. The van der Waals surface area contributed by atoms with Crippen LogP contribution in [0.25, 0.3) is 0 Å². The molecule has 0 aromatic heterocycles. The number of carbonyl (C=O) groups excluding carboxylic acids is 3. The van der Waals surface area contributed by atoms with Crippen LogP contribution in [-0.4, -0.2) is 54.4 Å². The molecule has 9 nitrogen and oxygen atoms in total. The van der Waals surface area contributed by atoms with Gasteiger partial charge >= 0.3 is 0 Å². The predicted octanol–water partition coefficient (Wildman–Crippen LogP) is 3.08. The lowest BCUT2D eigenvalue weighted by Gasteiger charge is -2.28. The molecule has 10 heteroatoms. The van der Waals surface area contributed by atoms with Crippen LogP contribution in [0.1, 0.15) is 71.1 Å². The van der Waals surface area contributed by atoms with Crippen LogP contribution in [0.3, 0.4) is 0 Å². The van der Waals surface area contributed by atoms with E-state index in [9.17, 15) is 22.8 Å². The summed E-state index contributed by atoms with van der Waals surface area (Å²) >= 11 is 0. The van der Waals surface area contributed by atoms with Gasteiger partial charge in [0, 0.05) is 18.2 Å². The van der Waals surface area contributed by atoms with E-state index in [-0.39, 0.29) is 23.7 Å². The van der Waals surface area contributed by atoms with Crippen LogP contribution >= 0.6 is 0 Å². The Labute approximate surface area is 225 Å². The van der Waals surface area contributed by atoms with E-state index in [1.807, 2.05) is 36.4 Å². The maximum absolute atomic E-state index is 13.3. The van der Waals surface area contributed by atoms with E-state index >= 15 is 0 Å². The third kappa shape index (κ3) is 6.95. The molecule has 1 aromatic rings. The second kappa shape index (κ2) is 11.9. The number of primary amides is 1. The van der Waals surface area contributed by atoms with Crippen LogP contribution in [0.5, 0.6) is 0 Å². The van der Waals surface area contributed by atoms with Gasteiger partial charge in [-0.05, 0) is 76.3 Å².